The molecular weight excluding hydrogens is 392 g/mol. The number of rotatable bonds is 6. The summed E-state index contributed by atoms with van der Waals surface area (Å²) in [6.45, 7) is 0. The van der Waals surface area contributed by atoms with E-state index in [1.54, 1.807) is 36.7 Å². The van der Waals surface area contributed by atoms with Crippen molar-refractivity contribution in [3.63, 3.8) is 0 Å². The smallest absolute Gasteiger partial charge is 0.264 e. The van der Waals surface area contributed by atoms with Crippen LogP contribution in [-0.2, 0) is 22.9 Å². The zero-order valence-corrected chi connectivity index (χ0v) is 16.0. The fourth-order valence-corrected chi connectivity index (χ4v) is 4.64. The summed E-state index contributed by atoms with van der Waals surface area (Å²) >= 11 is 0. The average Bonchev–Trinajstić information content (AvgIpc) is 3.12. The van der Waals surface area contributed by atoms with Gasteiger partial charge in [0.15, 0.2) is 0 Å². The van der Waals surface area contributed by atoms with Gasteiger partial charge in [-0.15, -0.1) is 0 Å². The van der Waals surface area contributed by atoms with Crippen molar-refractivity contribution in [2.75, 3.05) is 0 Å². The second kappa shape index (κ2) is 7.44. The summed E-state index contributed by atoms with van der Waals surface area (Å²) in [6, 6.07) is 15.6. The van der Waals surface area contributed by atoms with Crippen LogP contribution in [0.3, 0.4) is 0 Å². The normalized spacial score (nSPS) is 11.6. The Bertz CT molecular complexity index is 1280. The summed E-state index contributed by atoms with van der Waals surface area (Å²) in [6.07, 6.45) is 4.38. The Morgan fingerprint density at radius 1 is 0.966 bits per heavy atom. The van der Waals surface area contributed by atoms with Crippen LogP contribution in [0.25, 0.3) is 11.0 Å². The van der Waals surface area contributed by atoms with Gasteiger partial charge in [0.1, 0.15) is 5.82 Å². The molecule has 4 aromatic rings. The van der Waals surface area contributed by atoms with Crippen LogP contribution in [0, 0.1) is 10.1 Å². The van der Waals surface area contributed by atoms with E-state index in [-0.39, 0.29) is 10.6 Å². The highest BCUT2D eigenvalue weighted by Gasteiger charge is 2.24. The van der Waals surface area contributed by atoms with E-state index < -0.39 is 14.9 Å². The first-order chi connectivity index (χ1) is 14.0. The molecule has 0 amide bonds. The van der Waals surface area contributed by atoms with Crippen molar-refractivity contribution >= 4 is 26.7 Å². The van der Waals surface area contributed by atoms with Crippen molar-refractivity contribution < 1.29 is 13.3 Å². The standard InChI is InChI=1S/C20H16N4O4S/c25-24(26)16-8-10-17(11-9-16)29(27,28)23-19-6-2-1-5-18(19)22-20(23)12-7-15-4-3-13-21-14-15/h1-6,8-11,13-14H,7,12H2. The molecule has 0 aliphatic rings. The van der Waals surface area contributed by atoms with Crippen LogP contribution in [0.1, 0.15) is 11.4 Å². The van der Waals surface area contributed by atoms with E-state index in [1.807, 2.05) is 12.1 Å². The zero-order valence-electron chi connectivity index (χ0n) is 15.2. The van der Waals surface area contributed by atoms with Crippen molar-refractivity contribution in [3.05, 3.63) is 94.6 Å². The number of aromatic nitrogens is 3. The number of nitro groups is 1. The minimum atomic E-state index is -3.98. The number of aryl methyl sites for hydroxylation is 2. The van der Waals surface area contributed by atoms with Gasteiger partial charge in [-0.1, -0.05) is 18.2 Å². The monoisotopic (exact) mass is 408 g/mol. The molecule has 0 aliphatic heterocycles. The lowest BCUT2D eigenvalue weighted by atomic mass is 10.1. The first-order valence-electron chi connectivity index (χ1n) is 8.82. The third kappa shape index (κ3) is 3.59. The molecule has 2 aromatic carbocycles. The molecule has 0 fully saturated rings. The largest absolute Gasteiger partial charge is 0.269 e. The van der Waals surface area contributed by atoms with Gasteiger partial charge in [0.05, 0.1) is 20.9 Å². The highest BCUT2D eigenvalue weighted by atomic mass is 32.2. The van der Waals surface area contributed by atoms with Crippen molar-refractivity contribution in [1.29, 1.82) is 0 Å². The van der Waals surface area contributed by atoms with Gasteiger partial charge < -0.3 is 0 Å². The first kappa shape index (κ1) is 18.8. The third-order valence-electron chi connectivity index (χ3n) is 4.53. The topological polar surface area (TPSA) is 108 Å². The maximum absolute atomic E-state index is 13.4. The Kier molecular flexibility index (Phi) is 4.81. The summed E-state index contributed by atoms with van der Waals surface area (Å²) in [5.41, 5.74) is 1.83. The van der Waals surface area contributed by atoms with Crippen molar-refractivity contribution in [2.24, 2.45) is 0 Å². The van der Waals surface area contributed by atoms with Gasteiger partial charge in [-0.05, 0) is 42.3 Å². The lowest BCUT2D eigenvalue weighted by Crippen LogP contribution is -2.16. The quantitative estimate of drug-likeness (QED) is 0.358. The molecule has 9 heteroatoms. The van der Waals surface area contributed by atoms with E-state index in [0.717, 1.165) is 5.56 Å². The fourth-order valence-electron chi connectivity index (χ4n) is 3.13. The fraction of sp³-hybridized carbons (Fsp3) is 0.100. The number of imidazole rings is 1. The summed E-state index contributed by atoms with van der Waals surface area (Å²) in [7, 11) is -3.98. The Morgan fingerprint density at radius 2 is 1.72 bits per heavy atom. The van der Waals surface area contributed by atoms with E-state index >= 15 is 0 Å². The number of fused-ring (bicyclic) bond motifs is 1. The van der Waals surface area contributed by atoms with Gasteiger partial charge in [0.25, 0.3) is 15.7 Å². The highest BCUT2D eigenvalue weighted by Crippen LogP contribution is 2.25. The van der Waals surface area contributed by atoms with Gasteiger partial charge in [-0.25, -0.2) is 17.4 Å². The molecule has 29 heavy (non-hydrogen) atoms. The molecule has 0 saturated heterocycles. The number of benzene rings is 2. The predicted molar refractivity (Wildman–Crippen MR) is 107 cm³/mol. The van der Waals surface area contributed by atoms with Crippen LogP contribution in [0.2, 0.25) is 0 Å². The number of non-ortho nitro benzene ring substituents is 1. The molecule has 146 valence electrons. The summed E-state index contributed by atoms with van der Waals surface area (Å²) in [4.78, 5) is 18.9. The van der Waals surface area contributed by atoms with Gasteiger partial charge in [-0.3, -0.25) is 15.1 Å². The molecule has 4 rings (SSSR count). The number of pyridine rings is 1. The van der Waals surface area contributed by atoms with Crippen molar-refractivity contribution in [2.45, 2.75) is 17.7 Å². The van der Waals surface area contributed by atoms with Gasteiger partial charge in [0.2, 0.25) is 0 Å². The Hall–Kier alpha value is -3.59. The maximum atomic E-state index is 13.4. The minimum Gasteiger partial charge on any atom is -0.264 e. The van der Waals surface area contributed by atoms with E-state index in [2.05, 4.69) is 9.97 Å². The predicted octanol–water partition coefficient (Wildman–Crippen LogP) is 3.36. The van der Waals surface area contributed by atoms with Gasteiger partial charge in [0, 0.05) is 30.9 Å². The lowest BCUT2D eigenvalue weighted by molar-refractivity contribution is -0.384. The van der Waals surface area contributed by atoms with Crippen molar-refractivity contribution in [1.82, 2.24) is 13.9 Å². The SMILES string of the molecule is O=[N+]([O-])c1ccc(S(=O)(=O)n2c(CCc3cccnc3)nc3ccccc32)cc1. The molecule has 8 nitrogen and oxygen atoms in total. The molecule has 0 spiro atoms. The molecule has 0 radical (unpaired) electrons. The average molecular weight is 408 g/mol. The van der Waals surface area contributed by atoms with Crippen LogP contribution in [-0.4, -0.2) is 27.3 Å². The number of hydrogen-bond acceptors (Lipinski definition) is 6. The van der Waals surface area contributed by atoms with Crippen LogP contribution in [0.4, 0.5) is 5.69 Å². The summed E-state index contributed by atoms with van der Waals surface area (Å²) < 4.78 is 27.9. The summed E-state index contributed by atoms with van der Waals surface area (Å²) in [5, 5.41) is 10.9. The van der Waals surface area contributed by atoms with Crippen LogP contribution < -0.4 is 0 Å². The minimum absolute atomic E-state index is 0.0334. The van der Waals surface area contributed by atoms with E-state index in [9.17, 15) is 18.5 Å². The third-order valence-corrected chi connectivity index (χ3v) is 6.29. The molecule has 0 aliphatic carbocycles. The number of nitro benzene ring substituents is 1. The van der Waals surface area contributed by atoms with Crippen LogP contribution >= 0.6 is 0 Å². The van der Waals surface area contributed by atoms with Crippen molar-refractivity contribution in [3.8, 4) is 0 Å². The molecule has 0 atom stereocenters. The van der Waals surface area contributed by atoms with Crippen LogP contribution in [0.5, 0.6) is 0 Å². The van der Waals surface area contributed by atoms with Crippen LogP contribution in [0.15, 0.2) is 78.0 Å². The Labute approximate surface area is 166 Å². The Balaban J connectivity index is 1.79. The summed E-state index contributed by atoms with van der Waals surface area (Å²) in [5.74, 6) is 0.397. The van der Waals surface area contributed by atoms with Gasteiger partial charge in [-0.2, -0.15) is 0 Å². The molecule has 2 heterocycles. The molecule has 0 bridgehead atoms. The zero-order chi connectivity index (χ0) is 20.4. The molecule has 0 N–H and O–H groups in total. The molecule has 2 aromatic heterocycles. The molecule has 0 unspecified atom stereocenters. The Morgan fingerprint density at radius 3 is 2.41 bits per heavy atom. The molecule has 0 saturated carbocycles. The number of para-hydroxylation sites is 2. The molecular formula is C20H16N4O4S. The van der Waals surface area contributed by atoms with E-state index in [0.29, 0.717) is 29.7 Å². The number of nitrogens with zero attached hydrogens (tertiary/aromatic N) is 4. The first-order valence-corrected chi connectivity index (χ1v) is 10.3. The highest BCUT2D eigenvalue weighted by molar-refractivity contribution is 7.90. The maximum Gasteiger partial charge on any atom is 0.269 e. The second-order valence-corrected chi connectivity index (χ2v) is 8.19. The van der Waals surface area contributed by atoms with E-state index in [4.69, 9.17) is 0 Å². The lowest BCUT2D eigenvalue weighted by Gasteiger charge is -2.10. The second-order valence-electron chi connectivity index (χ2n) is 6.40. The number of hydrogen-bond donors (Lipinski definition) is 0. The van der Waals surface area contributed by atoms with E-state index in [1.165, 1.54) is 28.2 Å². The van der Waals surface area contributed by atoms with Gasteiger partial charge >= 0.3 is 0 Å².